The van der Waals surface area contributed by atoms with Crippen LogP contribution in [0.1, 0.15) is 70.6 Å². The minimum Gasteiger partial charge on any atom is -0.371 e. The van der Waals surface area contributed by atoms with Gasteiger partial charge in [0, 0.05) is 0 Å². The molecule has 0 heterocycles. The molecule has 0 radical (unpaired) electrons. The first-order valence-corrected chi connectivity index (χ1v) is 12.1. The van der Waals surface area contributed by atoms with Gasteiger partial charge in [-0.15, -0.1) is 13.2 Å². The van der Waals surface area contributed by atoms with Crippen molar-refractivity contribution in [3.05, 3.63) is 25.3 Å². The standard InChI is InChI=1S/C26H38O2/c1-3-5-27-25-13-20-8-21(14-25)12-24(11-20,17-25)23-22-9-18-7-19(10-22)16-26(23,15-18)28-6-4-2/h3-4,18-23H,1-2,5-17H2. The lowest BCUT2D eigenvalue weighted by molar-refractivity contribution is -0.278. The first kappa shape index (κ1) is 18.2. The van der Waals surface area contributed by atoms with E-state index in [1.165, 1.54) is 70.6 Å². The van der Waals surface area contributed by atoms with E-state index in [0.29, 0.717) is 5.41 Å². The summed E-state index contributed by atoms with van der Waals surface area (Å²) in [6.07, 6.45) is 19.4. The topological polar surface area (TPSA) is 18.5 Å². The molecule has 8 aliphatic rings. The summed E-state index contributed by atoms with van der Waals surface area (Å²) in [5.41, 5.74) is 0.769. The molecule has 8 bridgehead atoms. The zero-order valence-corrected chi connectivity index (χ0v) is 17.5. The molecule has 154 valence electrons. The van der Waals surface area contributed by atoms with Crippen molar-refractivity contribution in [2.45, 2.75) is 81.8 Å². The van der Waals surface area contributed by atoms with Crippen LogP contribution in [0.25, 0.3) is 0 Å². The van der Waals surface area contributed by atoms with E-state index in [1.54, 1.807) is 0 Å². The predicted octanol–water partition coefficient (Wildman–Crippen LogP) is 5.93. The Hall–Kier alpha value is -0.600. The molecule has 0 amide bonds. The van der Waals surface area contributed by atoms with Crippen LogP contribution in [0.15, 0.2) is 25.3 Å². The summed E-state index contributed by atoms with van der Waals surface area (Å²) in [4.78, 5) is 0. The van der Waals surface area contributed by atoms with E-state index in [1.807, 2.05) is 12.2 Å². The lowest BCUT2D eigenvalue weighted by Crippen LogP contribution is -2.68. The summed E-state index contributed by atoms with van der Waals surface area (Å²) in [6.45, 7) is 9.39. The van der Waals surface area contributed by atoms with Crippen LogP contribution in [0.5, 0.6) is 0 Å². The second-order valence-electron chi connectivity index (χ2n) is 11.9. The van der Waals surface area contributed by atoms with E-state index in [9.17, 15) is 0 Å². The highest BCUT2D eigenvalue weighted by atomic mass is 16.5. The molecule has 2 nitrogen and oxygen atoms in total. The Morgan fingerprint density at radius 3 is 1.96 bits per heavy atom. The Bertz CT molecular complexity index is 637. The summed E-state index contributed by atoms with van der Waals surface area (Å²) in [5, 5.41) is 0. The molecule has 0 N–H and O–H groups in total. The average Bonchev–Trinajstić information content (AvgIpc) is 2.62. The first-order valence-electron chi connectivity index (χ1n) is 12.1. The molecular weight excluding hydrogens is 344 g/mol. The second-order valence-corrected chi connectivity index (χ2v) is 11.9. The van der Waals surface area contributed by atoms with Gasteiger partial charge in [0.15, 0.2) is 0 Å². The Morgan fingerprint density at radius 2 is 1.32 bits per heavy atom. The number of ether oxygens (including phenoxy) is 2. The van der Waals surface area contributed by atoms with Crippen molar-refractivity contribution in [2.24, 2.45) is 40.9 Å². The summed E-state index contributed by atoms with van der Waals surface area (Å²) in [7, 11) is 0. The van der Waals surface area contributed by atoms with E-state index in [-0.39, 0.29) is 11.2 Å². The fourth-order valence-electron chi connectivity index (χ4n) is 10.5. The van der Waals surface area contributed by atoms with E-state index < -0.39 is 0 Å². The van der Waals surface area contributed by atoms with Crippen LogP contribution in [-0.4, -0.2) is 24.4 Å². The molecule has 0 saturated heterocycles. The Balaban J connectivity index is 1.38. The average molecular weight is 383 g/mol. The monoisotopic (exact) mass is 382 g/mol. The molecule has 5 unspecified atom stereocenters. The van der Waals surface area contributed by atoms with Crippen LogP contribution in [0.3, 0.4) is 0 Å². The van der Waals surface area contributed by atoms with Gasteiger partial charge < -0.3 is 9.47 Å². The van der Waals surface area contributed by atoms with Crippen molar-refractivity contribution in [3.8, 4) is 0 Å². The third kappa shape index (κ3) is 2.52. The van der Waals surface area contributed by atoms with Crippen molar-refractivity contribution in [1.29, 1.82) is 0 Å². The van der Waals surface area contributed by atoms with Crippen LogP contribution >= 0.6 is 0 Å². The van der Waals surface area contributed by atoms with Gasteiger partial charge in [0.1, 0.15) is 0 Å². The predicted molar refractivity (Wildman–Crippen MR) is 112 cm³/mol. The van der Waals surface area contributed by atoms with Crippen molar-refractivity contribution in [3.63, 3.8) is 0 Å². The molecule has 5 atom stereocenters. The van der Waals surface area contributed by atoms with Gasteiger partial charge in [-0.1, -0.05) is 12.2 Å². The maximum atomic E-state index is 6.83. The Morgan fingerprint density at radius 1 is 0.714 bits per heavy atom. The molecule has 28 heavy (non-hydrogen) atoms. The molecule has 0 aromatic carbocycles. The number of hydrogen-bond donors (Lipinski definition) is 0. The molecule has 8 fully saturated rings. The van der Waals surface area contributed by atoms with Gasteiger partial charge in [-0.05, 0) is 112 Å². The molecule has 0 aliphatic heterocycles. The molecule has 0 aromatic heterocycles. The summed E-state index contributed by atoms with van der Waals surface area (Å²) in [5.74, 6) is 5.31. The molecule has 8 rings (SSSR count). The van der Waals surface area contributed by atoms with E-state index in [0.717, 1.165) is 48.7 Å². The highest BCUT2D eigenvalue weighted by molar-refractivity contribution is 5.19. The highest BCUT2D eigenvalue weighted by Crippen LogP contribution is 2.73. The van der Waals surface area contributed by atoms with Crippen LogP contribution in [0.2, 0.25) is 0 Å². The molecular formula is C26H38O2. The van der Waals surface area contributed by atoms with Gasteiger partial charge in [-0.2, -0.15) is 0 Å². The fourth-order valence-corrected chi connectivity index (χ4v) is 10.5. The zero-order valence-electron chi connectivity index (χ0n) is 17.5. The van der Waals surface area contributed by atoms with E-state index in [2.05, 4.69) is 13.2 Å². The third-order valence-electron chi connectivity index (χ3n) is 9.95. The fraction of sp³-hybridized carbons (Fsp3) is 0.846. The van der Waals surface area contributed by atoms with Gasteiger partial charge in [-0.3, -0.25) is 0 Å². The van der Waals surface area contributed by atoms with Crippen molar-refractivity contribution in [1.82, 2.24) is 0 Å². The quantitative estimate of drug-likeness (QED) is 0.508. The van der Waals surface area contributed by atoms with E-state index >= 15 is 0 Å². The minimum atomic E-state index is 0.145. The zero-order chi connectivity index (χ0) is 19.0. The van der Waals surface area contributed by atoms with Crippen molar-refractivity contribution >= 4 is 0 Å². The second kappa shape index (κ2) is 6.20. The smallest absolute Gasteiger partial charge is 0.0728 e. The number of hydrogen-bond acceptors (Lipinski definition) is 2. The molecule has 8 aliphatic carbocycles. The maximum absolute atomic E-state index is 6.83. The van der Waals surface area contributed by atoms with Crippen molar-refractivity contribution < 1.29 is 9.47 Å². The lowest BCUT2D eigenvalue weighted by Gasteiger charge is -2.71. The minimum absolute atomic E-state index is 0.145. The maximum Gasteiger partial charge on any atom is 0.0728 e. The Kier molecular flexibility index (Phi) is 4.03. The SMILES string of the molecule is C=CCOC12CC3CC(C1)CC(C1C4CC5CC(C4)CC1(OCC=C)C5)(C3)C2. The van der Waals surface area contributed by atoms with Crippen molar-refractivity contribution in [2.75, 3.05) is 13.2 Å². The van der Waals surface area contributed by atoms with Crippen LogP contribution in [0, 0.1) is 40.9 Å². The van der Waals surface area contributed by atoms with Gasteiger partial charge in [-0.25, -0.2) is 0 Å². The molecule has 0 spiro atoms. The van der Waals surface area contributed by atoms with Gasteiger partial charge in [0.05, 0.1) is 24.4 Å². The molecule has 0 aromatic rings. The molecule has 2 heteroatoms. The lowest BCUT2D eigenvalue weighted by atomic mass is 9.37. The number of rotatable bonds is 7. The normalized spacial score (nSPS) is 55.6. The van der Waals surface area contributed by atoms with Crippen LogP contribution in [-0.2, 0) is 9.47 Å². The Labute approximate surface area is 171 Å². The first-order chi connectivity index (χ1) is 13.6. The van der Waals surface area contributed by atoms with Gasteiger partial charge in [0.25, 0.3) is 0 Å². The van der Waals surface area contributed by atoms with E-state index in [4.69, 9.17) is 9.47 Å². The summed E-state index contributed by atoms with van der Waals surface area (Å²) >= 11 is 0. The van der Waals surface area contributed by atoms with Gasteiger partial charge in [0.2, 0.25) is 0 Å². The molecule has 8 saturated carbocycles. The third-order valence-corrected chi connectivity index (χ3v) is 9.95. The largest absolute Gasteiger partial charge is 0.371 e. The summed E-state index contributed by atoms with van der Waals surface area (Å²) < 4.78 is 13.4. The van der Waals surface area contributed by atoms with Crippen LogP contribution in [0.4, 0.5) is 0 Å². The van der Waals surface area contributed by atoms with Crippen LogP contribution < -0.4 is 0 Å². The summed E-state index contributed by atoms with van der Waals surface area (Å²) in [6, 6.07) is 0. The highest BCUT2D eigenvalue weighted by Gasteiger charge is 2.69. The van der Waals surface area contributed by atoms with Gasteiger partial charge >= 0.3 is 0 Å².